The Morgan fingerprint density at radius 1 is 1.12 bits per heavy atom. The molecule has 0 amide bonds. The molecule has 0 aromatic heterocycles. The summed E-state index contributed by atoms with van der Waals surface area (Å²) in [4.78, 5) is 5.13. The zero-order chi connectivity index (χ0) is 11.4. The Kier molecular flexibility index (Phi) is 4.62. The van der Waals surface area contributed by atoms with E-state index in [9.17, 15) is 0 Å². The van der Waals surface area contributed by atoms with Gasteiger partial charge >= 0.3 is 0 Å². The van der Waals surface area contributed by atoms with Gasteiger partial charge in [-0.1, -0.05) is 0 Å². The van der Waals surface area contributed by atoms with Crippen molar-refractivity contribution in [3.05, 3.63) is 0 Å². The van der Waals surface area contributed by atoms with Crippen LogP contribution in [-0.2, 0) is 4.74 Å². The van der Waals surface area contributed by atoms with Crippen LogP contribution in [0, 0.1) is 5.92 Å². The van der Waals surface area contributed by atoms with Crippen LogP contribution in [0.15, 0.2) is 0 Å². The molecule has 0 aromatic carbocycles. The SMILES string of the molecule is COCCN1CCCC1C1CCN(C)CC1. The molecule has 2 aliphatic rings. The van der Waals surface area contributed by atoms with Crippen molar-refractivity contribution in [2.45, 2.75) is 31.7 Å². The lowest BCUT2D eigenvalue weighted by Gasteiger charge is -2.36. The van der Waals surface area contributed by atoms with Crippen LogP contribution in [0.1, 0.15) is 25.7 Å². The van der Waals surface area contributed by atoms with Crippen molar-refractivity contribution < 1.29 is 4.74 Å². The van der Waals surface area contributed by atoms with Crippen molar-refractivity contribution in [3.8, 4) is 0 Å². The van der Waals surface area contributed by atoms with E-state index in [1.165, 1.54) is 45.3 Å². The third kappa shape index (κ3) is 2.96. The monoisotopic (exact) mass is 226 g/mol. The maximum atomic E-state index is 5.21. The molecule has 94 valence electrons. The summed E-state index contributed by atoms with van der Waals surface area (Å²) in [7, 11) is 4.05. The van der Waals surface area contributed by atoms with Crippen molar-refractivity contribution in [2.75, 3.05) is 46.9 Å². The molecule has 0 saturated carbocycles. The van der Waals surface area contributed by atoms with E-state index in [4.69, 9.17) is 4.74 Å². The molecule has 1 unspecified atom stereocenters. The molecule has 2 fully saturated rings. The zero-order valence-corrected chi connectivity index (χ0v) is 10.8. The van der Waals surface area contributed by atoms with Gasteiger partial charge in [-0.25, -0.2) is 0 Å². The van der Waals surface area contributed by atoms with E-state index >= 15 is 0 Å². The summed E-state index contributed by atoms with van der Waals surface area (Å²) < 4.78 is 5.21. The average Bonchev–Trinajstić information content (AvgIpc) is 2.75. The van der Waals surface area contributed by atoms with Gasteiger partial charge < -0.3 is 9.64 Å². The number of rotatable bonds is 4. The maximum absolute atomic E-state index is 5.21. The van der Waals surface area contributed by atoms with Crippen LogP contribution in [0.2, 0.25) is 0 Å². The molecule has 0 spiro atoms. The predicted molar refractivity (Wildman–Crippen MR) is 66.7 cm³/mol. The van der Waals surface area contributed by atoms with Gasteiger partial charge in [0.25, 0.3) is 0 Å². The molecule has 3 nitrogen and oxygen atoms in total. The fourth-order valence-electron chi connectivity index (χ4n) is 3.29. The average molecular weight is 226 g/mol. The van der Waals surface area contributed by atoms with Gasteiger partial charge in [-0.05, 0) is 58.3 Å². The number of nitrogens with zero attached hydrogens (tertiary/aromatic N) is 2. The van der Waals surface area contributed by atoms with Crippen molar-refractivity contribution >= 4 is 0 Å². The molecule has 0 aromatic rings. The normalized spacial score (nSPS) is 30.0. The second-order valence-corrected chi connectivity index (χ2v) is 5.38. The maximum Gasteiger partial charge on any atom is 0.0589 e. The van der Waals surface area contributed by atoms with Gasteiger partial charge in [-0.15, -0.1) is 0 Å². The third-order valence-corrected chi connectivity index (χ3v) is 4.30. The van der Waals surface area contributed by atoms with Gasteiger partial charge in [0, 0.05) is 19.7 Å². The molecule has 3 heteroatoms. The first-order valence-corrected chi connectivity index (χ1v) is 6.73. The molecule has 2 aliphatic heterocycles. The number of hydrogen-bond donors (Lipinski definition) is 0. The highest BCUT2D eigenvalue weighted by atomic mass is 16.5. The number of piperidine rings is 1. The van der Waals surface area contributed by atoms with Crippen molar-refractivity contribution in [3.63, 3.8) is 0 Å². The third-order valence-electron chi connectivity index (χ3n) is 4.30. The molecule has 2 rings (SSSR count). The minimum atomic E-state index is 0.851. The van der Waals surface area contributed by atoms with E-state index < -0.39 is 0 Å². The lowest BCUT2D eigenvalue weighted by Crippen LogP contribution is -2.42. The van der Waals surface area contributed by atoms with Crippen molar-refractivity contribution in [1.82, 2.24) is 9.80 Å². The summed E-state index contributed by atoms with van der Waals surface area (Å²) in [5, 5.41) is 0. The molecular formula is C13H26N2O. The van der Waals surface area contributed by atoms with E-state index in [0.29, 0.717) is 0 Å². The molecule has 0 aliphatic carbocycles. The second kappa shape index (κ2) is 5.99. The molecule has 0 bridgehead atoms. The van der Waals surface area contributed by atoms with Gasteiger partial charge in [0.2, 0.25) is 0 Å². The number of methoxy groups -OCH3 is 1. The Morgan fingerprint density at radius 2 is 1.88 bits per heavy atom. The lowest BCUT2D eigenvalue weighted by atomic mass is 9.88. The number of likely N-dealkylation sites (tertiary alicyclic amines) is 2. The Balaban J connectivity index is 1.82. The number of hydrogen-bond acceptors (Lipinski definition) is 3. The summed E-state index contributed by atoms with van der Waals surface area (Å²) >= 11 is 0. The summed E-state index contributed by atoms with van der Waals surface area (Å²) in [5.41, 5.74) is 0. The minimum Gasteiger partial charge on any atom is -0.383 e. The molecule has 2 heterocycles. The Morgan fingerprint density at radius 3 is 2.56 bits per heavy atom. The largest absolute Gasteiger partial charge is 0.383 e. The van der Waals surface area contributed by atoms with Crippen LogP contribution >= 0.6 is 0 Å². The van der Waals surface area contributed by atoms with Gasteiger partial charge in [-0.2, -0.15) is 0 Å². The van der Waals surface area contributed by atoms with Gasteiger partial charge in [0.15, 0.2) is 0 Å². The van der Waals surface area contributed by atoms with E-state index in [1.54, 1.807) is 7.11 Å². The van der Waals surface area contributed by atoms with E-state index in [1.807, 2.05) is 0 Å². The molecular weight excluding hydrogens is 200 g/mol. The van der Waals surface area contributed by atoms with Gasteiger partial charge in [-0.3, -0.25) is 4.90 Å². The highest BCUT2D eigenvalue weighted by Gasteiger charge is 2.32. The molecule has 0 radical (unpaired) electrons. The van der Waals surface area contributed by atoms with Gasteiger partial charge in [0.05, 0.1) is 6.61 Å². The fourth-order valence-corrected chi connectivity index (χ4v) is 3.29. The summed E-state index contributed by atoms with van der Waals surface area (Å²) in [6.07, 6.45) is 5.59. The highest BCUT2D eigenvalue weighted by molar-refractivity contribution is 4.87. The first-order chi connectivity index (χ1) is 7.81. The summed E-state index contributed by atoms with van der Waals surface area (Å²) in [6.45, 7) is 5.90. The van der Waals surface area contributed by atoms with Crippen LogP contribution in [-0.4, -0.2) is 62.8 Å². The Bertz CT molecular complexity index is 202. The van der Waals surface area contributed by atoms with Crippen molar-refractivity contribution in [2.24, 2.45) is 5.92 Å². The Labute approximate surface area is 99.7 Å². The molecule has 1 atom stereocenters. The van der Waals surface area contributed by atoms with Crippen LogP contribution in [0.5, 0.6) is 0 Å². The van der Waals surface area contributed by atoms with Crippen LogP contribution < -0.4 is 0 Å². The molecule has 16 heavy (non-hydrogen) atoms. The quantitative estimate of drug-likeness (QED) is 0.721. The fraction of sp³-hybridized carbons (Fsp3) is 1.00. The molecule has 2 saturated heterocycles. The summed E-state index contributed by atoms with van der Waals surface area (Å²) in [5.74, 6) is 0.940. The van der Waals surface area contributed by atoms with E-state index in [0.717, 1.165) is 25.1 Å². The van der Waals surface area contributed by atoms with Crippen molar-refractivity contribution in [1.29, 1.82) is 0 Å². The first-order valence-electron chi connectivity index (χ1n) is 6.73. The van der Waals surface area contributed by atoms with Gasteiger partial charge in [0.1, 0.15) is 0 Å². The lowest BCUT2D eigenvalue weighted by molar-refractivity contribution is 0.0947. The first kappa shape index (κ1) is 12.3. The molecule has 0 N–H and O–H groups in total. The topological polar surface area (TPSA) is 15.7 Å². The van der Waals surface area contributed by atoms with E-state index in [-0.39, 0.29) is 0 Å². The van der Waals surface area contributed by atoms with Crippen LogP contribution in [0.25, 0.3) is 0 Å². The predicted octanol–water partition coefficient (Wildman–Crippen LogP) is 1.44. The second-order valence-electron chi connectivity index (χ2n) is 5.38. The zero-order valence-electron chi connectivity index (χ0n) is 10.8. The highest BCUT2D eigenvalue weighted by Crippen LogP contribution is 2.30. The van der Waals surface area contributed by atoms with E-state index in [2.05, 4.69) is 16.8 Å². The Hall–Kier alpha value is -0.120. The smallest absolute Gasteiger partial charge is 0.0589 e. The standard InChI is InChI=1S/C13H26N2O/c1-14-8-5-12(6-9-14)13-4-3-7-15(13)10-11-16-2/h12-13H,3-11H2,1-2H3. The summed E-state index contributed by atoms with van der Waals surface area (Å²) in [6, 6.07) is 0.851. The van der Waals surface area contributed by atoms with Crippen LogP contribution in [0.3, 0.4) is 0 Å². The van der Waals surface area contributed by atoms with Crippen LogP contribution in [0.4, 0.5) is 0 Å². The minimum absolute atomic E-state index is 0.851. The number of ether oxygens (including phenoxy) is 1.